The lowest BCUT2D eigenvalue weighted by atomic mass is 10.0. The minimum atomic E-state index is 0.491. The molecule has 0 radical (unpaired) electrons. The Labute approximate surface area is 136 Å². The summed E-state index contributed by atoms with van der Waals surface area (Å²) in [5, 5.41) is 7.61. The van der Waals surface area contributed by atoms with Crippen LogP contribution in [0.15, 0.2) is 34.9 Å². The Morgan fingerprint density at radius 1 is 1.18 bits per heavy atom. The summed E-state index contributed by atoms with van der Waals surface area (Å²) in [5.74, 6) is 4.65. The SMILES string of the molecule is c1ccc(CNCCc2nc([C@@H]3CCCSCC3)no2)cc1. The molecular formula is C17H23N3OS. The van der Waals surface area contributed by atoms with Crippen molar-refractivity contribution in [3.63, 3.8) is 0 Å². The van der Waals surface area contributed by atoms with Gasteiger partial charge < -0.3 is 9.84 Å². The highest BCUT2D eigenvalue weighted by Crippen LogP contribution is 2.28. The van der Waals surface area contributed by atoms with E-state index in [0.717, 1.165) is 31.2 Å². The van der Waals surface area contributed by atoms with E-state index in [2.05, 4.69) is 39.7 Å². The molecule has 5 heteroatoms. The summed E-state index contributed by atoms with van der Waals surface area (Å²) in [5.41, 5.74) is 1.30. The Hall–Kier alpha value is -1.33. The summed E-state index contributed by atoms with van der Waals surface area (Å²) in [4.78, 5) is 4.59. The zero-order valence-electron chi connectivity index (χ0n) is 12.8. The van der Waals surface area contributed by atoms with Gasteiger partial charge in [-0.25, -0.2) is 0 Å². The molecule has 118 valence electrons. The van der Waals surface area contributed by atoms with Crippen molar-refractivity contribution in [2.45, 2.75) is 38.1 Å². The normalized spacial score (nSPS) is 19.0. The molecule has 22 heavy (non-hydrogen) atoms. The van der Waals surface area contributed by atoms with Crippen LogP contribution in [0.25, 0.3) is 0 Å². The van der Waals surface area contributed by atoms with Crippen molar-refractivity contribution < 1.29 is 4.52 Å². The third kappa shape index (κ3) is 4.58. The molecule has 1 atom stereocenters. The number of aromatic nitrogens is 2. The first kappa shape index (κ1) is 15.6. The second-order valence-electron chi connectivity index (χ2n) is 5.70. The minimum absolute atomic E-state index is 0.491. The summed E-state index contributed by atoms with van der Waals surface area (Å²) in [6.45, 7) is 1.73. The molecule has 0 bridgehead atoms. The zero-order chi connectivity index (χ0) is 15.0. The molecule has 1 aliphatic heterocycles. The quantitative estimate of drug-likeness (QED) is 0.828. The van der Waals surface area contributed by atoms with E-state index in [-0.39, 0.29) is 0 Å². The van der Waals surface area contributed by atoms with Gasteiger partial charge in [0.1, 0.15) is 0 Å². The Kier molecular flexibility index (Phi) is 5.90. The van der Waals surface area contributed by atoms with Crippen LogP contribution in [0.5, 0.6) is 0 Å². The van der Waals surface area contributed by atoms with E-state index in [1.807, 2.05) is 17.8 Å². The van der Waals surface area contributed by atoms with Crippen molar-refractivity contribution in [2.75, 3.05) is 18.1 Å². The first-order valence-electron chi connectivity index (χ1n) is 8.06. The van der Waals surface area contributed by atoms with E-state index in [1.54, 1.807) is 0 Å². The highest BCUT2D eigenvalue weighted by Gasteiger charge is 2.19. The molecule has 4 nitrogen and oxygen atoms in total. The summed E-state index contributed by atoms with van der Waals surface area (Å²) in [7, 11) is 0. The van der Waals surface area contributed by atoms with Gasteiger partial charge in [-0.3, -0.25) is 0 Å². The van der Waals surface area contributed by atoms with Gasteiger partial charge in [-0.1, -0.05) is 35.5 Å². The van der Waals surface area contributed by atoms with Crippen molar-refractivity contribution in [1.82, 2.24) is 15.5 Å². The van der Waals surface area contributed by atoms with Crippen LogP contribution in [0.2, 0.25) is 0 Å². The predicted molar refractivity (Wildman–Crippen MR) is 90.1 cm³/mol. The fraction of sp³-hybridized carbons (Fsp3) is 0.529. The van der Waals surface area contributed by atoms with Gasteiger partial charge >= 0.3 is 0 Å². The number of hydrogen-bond donors (Lipinski definition) is 1. The van der Waals surface area contributed by atoms with Gasteiger partial charge in [0.2, 0.25) is 5.89 Å². The lowest BCUT2D eigenvalue weighted by Gasteiger charge is -2.06. The van der Waals surface area contributed by atoms with Crippen molar-refractivity contribution in [1.29, 1.82) is 0 Å². The van der Waals surface area contributed by atoms with Crippen LogP contribution in [0, 0.1) is 0 Å². The Morgan fingerprint density at radius 3 is 3.00 bits per heavy atom. The molecule has 0 unspecified atom stereocenters. The van der Waals surface area contributed by atoms with E-state index in [0.29, 0.717) is 5.92 Å². The Bertz CT molecular complexity index is 550. The molecule has 1 aliphatic rings. The largest absolute Gasteiger partial charge is 0.339 e. The number of nitrogens with one attached hydrogen (secondary N) is 1. The average molecular weight is 317 g/mol. The maximum absolute atomic E-state index is 5.40. The molecule has 1 fully saturated rings. The molecule has 0 spiro atoms. The molecule has 0 aliphatic carbocycles. The van der Waals surface area contributed by atoms with E-state index < -0.39 is 0 Å². The summed E-state index contributed by atoms with van der Waals surface area (Å²) < 4.78 is 5.40. The standard InChI is InChI=1S/C17H23N3OS/c1-2-5-14(6-3-1)13-18-10-8-16-19-17(20-21-16)15-7-4-11-22-12-9-15/h1-3,5-6,15,18H,4,7-13H2/t15-/m1/s1. The topological polar surface area (TPSA) is 51.0 Å². The van der Waals surface area contributed by atoms with Gasteiger partial charge in [-0.15, -0.1) is 0 Å². The monoisotopic (exact) mass is 317 g/mol. The van der Waals surface area contributed by atoms with Gasteiger partial charge in [0, 0.05) is 25.4 Å². The third-order valence-electron chi connectivity index (χ3n) is 3.99. The fourth-order valence-electron chi connectivity index (χ4n) is 2.72. The number of thioether (sulfide) groups is 1. The van der Waals surface area contributed by atoms with Crippen LogP contribution in [0.4, 0.5) is 0 Å². The molecule has 1 aromatic heterocycles. The molecule has 1 saturated heterocycles. The first-order valence-corrected chi connectivity index (χ1v) is 9.22. The van der Waals surface area contributed by atoms with E-state index in [1.165, 1.54) is 36.3 Å². The van der Waals surface area contributed by atoms with Crippen LogP contribution in [-0.2, 0) is 13.0 Å². The smallest absolute Gasteiger partial charge is 0.227 e. The maximum Gasteiger partial charge on any atom is 0.227 e. The summed E-state index contributed by atoms with van der Waals surface area (Å²) in [6.07, 6.45) is 4.42. The van der Waals surface area contributed by atoms with Gasteiger partial charge in [0.15, 0.2) is 5.82 Å². The van der Waals surface area contributed by atoms with Gasteiger partial charge in [0.05, 0.1) is 0 Å². The second-order valence-corrected chi connectivity index (χ2v) is 6.92. The number of rotatable bonds is 6. The fourth-order valence-corrected chi connectivity index (χ4v) is 3.75. The predicted octanol–water partition coefficient (Wildman–Crippen LogP) is 3.40. The molecular weight excluding hydrogens is 294 g/mol. The molecule has 2 aromatic rings. The van der Waals surface area contributed by atoms with E-state index in [9.17, 15) is 0 Å². The van der Waals surface area contributed by atoms with Gasteiger partial charge in [-0.05, 0) is 36.3 Å². The summed E-state index contributed by atoms with van der Waals surface area (Å²) in [6, 6.07) is 10.4. The molecule has 0 saturated carbocycles. The lowest BCUT2D eigenvalue weighted by Crippen LogP contribution is -2.16. The van der Waals surface area contributed by atoms with Gasteiger partial charge in [-0.2, -0.15) is 16.7 Å². The Balaban J connectivity index is 1.43. The molecule has 2 heterocycles. The maximum atomic E-state index is 5.40. The van der Waals surface area contributed by atoms with Crippen LogP contribution in [-0.4, -0.2) is 28.2 Å². The van der Waals surface area contributed by atoms with Crippen molar-refractivity contribution in [3.8, 4) is 0 Å². The van der Waals surface area contributed by atoms with Crippen LogP contribution in [0.1, 0.15) is 42.5 Å². The van der Waals surface area contributed by atoms with Crippen molar-refractivity contribution >= 4 is 11.8 Å². The molecule has 3 rings (SSSR count). The van der Waals surface area contributed by atoms with Crippen LogP contribution in [0.3, 0.4) is 0 Å². The summed E-state index contributed by atoms with van der Waals surface area (Å²) >= 11 is 2.04. The number of hydrogen-bond acceptors (Lipinski definition) is 5. The Morgan fingerprint density at radius 2 is 2.09 bits per heavy atom. The van der Waals surface area contributed by atoms with E-state index in [4.69, 9.17) is 4.52 Å². The number of benzene rings is 1. The zero-order valence-corrected chi connectivity index (χ0v) is 13.6. The number of nitrogens with zero attached hydrogens (tertiary/aromatic N) is 2. The highest BCUT2D eigenvalue weighted by atomic mass is 32.2. The lowest BCUT2D eigenvalue weighted by molar-refractivity contribution is 0.365. The van der Waals surface area contributed by atoms with Crippen LogP contribution >= 0.6 is 11.8 Å². The van der Waals surface area contributed by atoms with Crippen molar-refractivity contribution in [3.05, 3.63) is 47.6 Å². The minimum Gasteiger partial charge on any atom is -0.339 e. The van der Waals surface area contributed by atoms with Crippen molar-refractivity contribution in [2.24, 2.45) is 0 Å². The van der Waals surface area contributed by atoms with Gasteiger partial charge in [0.25, 0.3) is 0 Å². The molecule has 1 aromatic carbocycles. The molecule has 0 amide bonds. The average Bonchev–Trinajstić information content (AvgIpc) is 2.86. The first-order chi connectivity index (χ1) is 10.9. The van der Waals surface area contributed by atoms with E-state index >= 15 is 0 Å². The second kappa shape index (κ2) is 8.34. The molecule has 1 N–H and O–H groups in total. The highest BCUT2D eigenvalue weighted by molar-refractivity contribution is 7.99. The van der Waals surface area contributed by atoms with Crippen LogP contribution < -0.4 is 5.32 Å². The third-order valence-corrected chi connectivity index (χ3v) is 5.09.